The molecule has 92 heavy (non-hydrogen) atoms. The van der Waals surface area contributed by atoms with E-state index in [0.717, 1.165) is 56.4 Å². The maximum atomic E-state index is 12.4. The Morgan fingerprint density at radius 2 is 1.00 bits per heavy atom. The van der Waals surface area contributed by atoms with E-state index < -0.39 is 110 Å². The number of piperazine rings is 1. The quantitative estimate of drug-likeness (QED) is 0.0391. The molecule has 2 aliphatic rings. The number of unbranched alkanes of at least 4 members (excludes halogenated alkanes) is 8. The fraction of sp³-hybridized carbons (Fsp3) is 0.649. The van der Waals surface area contributed by atoms with Gasteiger partial charge < -0.3 is 77.0 Å². The standard InChI is InChI=1S/C57H88N14O20.Lu/c72-44(58-19-9-8-11-42(52(87)88)60-57(91)61-43(53(89)90)17-18-45(73)74)12-7-5-3-1-2-4-6-10-20-65-25-28-69(29-26-65)55-62-54(63-56(64-55)71(37-50(83)84)38-51(85)86)59-40-15-13-39(14-16-40)31-41-32-68(35-48(79)80)24-23-66(33-46(75)76)21-22-67(34-47(77)78)27-30-70(41)36-49(81)82;/h13-16,41-43H,1-12,17-38H2,(H,58,72)(H,73,74)(H,75,76)(H,77,78)(H,79,80)(H,81,82)(H,83,84)(H,85,86)(H,87,88)(H,89,90)(H2,60,61,91)(H,59,62,63,64);/t41?,42-,43-;/m0./s1. The van der Waals surface area contributed by atoms with Gasteiger partial charge in [0.2, 0.25) is 23.8 Å². The molecule has 2 aromatic rings. The maximum Gasteiger partial charge on any atom is 0.326 e. The first-order valence-corrected chi connectivity index (χ1v) is 30.4. The third-order valence-electron chi connectivity index (χ3n) is 15.2. The van der Waals surface area contributed by atoms with Crippen molar-refractivity contribution in [3.63, 3.8) is 0 Å². The zero-order valence-electron chi connectivity index (χ0n) is 51.3. The fourth-order valence-electron chi connectivity index (χ4n) is 10.5. The van der Waals surface area contributed by atoms with Crippen LogP contribution in [0.2, 0.25) is 0 Å². The summed E-state index contributed by atoms with van der Waals surface area (Å²) in [5, 5.41) is 96.3. The number of hydrogen-bond acceptors (Lipinski definition) is 22. The van der Waals surface area contributed by atoms with E-state index in [1.165, 1.54) is 0 Å². The van der Waals surface area contributed by atoms with Crippen LogP contribution in [0, 0.1) is 36.9 Å². The molecule has 1 radical (unpaired) electrons. The number of anilines is 4. The Balaban J connectivity index is 0.0000221. The first-order chi connectivity index (χ1) is 43.3. The molecule has 3 heterocycles. The molecule has 3 atom stereocenters. The van der Waals surface area contributed by atoms with Crippen LogP contribution in [0.5, 0.6) is 0 Å². The zero-order valence-corrected chi connectivity index (χ0v) is 53.0. The SMILES string of the molecule is O=C(O)CC[C@H](NC(=O)N[C@@H](CCCCNC(=O)CCCCCCCCCCN1CCN(c2nc(Nc3ccc(CC4CN(CC(=O)O)CCN(CC(=O)O)CCN(CC(=O)O)CCN4CC(=O)O)cc3)nc(N(CC(=O)O)CC(=O)O)n2)CC1)C(=O)O)C(=O)O.[Lu]. The minimum absolute atomic E-state index is 0. The Labute approximate surface area is 560 Å². The van der Waals surface area contributed by atoms with Crippen molar-refractivity contribution in [2.45, 2.75) is 114 Å². The van der Waals surface area contributed by atoms with Crippen molar-refractivity contribution in [1.82, 2.24) is 55.4 Å². The number of nitrogens with zero attached hydrogens (tertiary/aromatic N) is 10. The van der Waals surface area contributed by atoms with Crippen molar-refractivity contribution in [2.24, 2.45) is 0 Å². The molecule has 13 N–H and O–H groups in total. The van der Waals surface area contributed by atoms with Crippen LogP contribution in [0.3, 0.4) is 0 Å². The fourth-order valence-corrected chi connectivity index (χ4v) is 10.5. The van der Waals surface area contributed by atoms with Crippen molar-refractivity contribution < 1.29 is 136 Å². The van der Waals surface area contributed by atoms with Crippen LogP contribution in [0.1, 0.15) is 95.5 Å². The van der Waals surface area contributed by atoms with E-state index in [1.807, 2.05) is 4.90 Å². The van der Waals surface area contributed by atoms with Gasteiger partial charge in [-0.1, -0.05) is 50.7 Å². The summed E-state index contributed by atoms with van der Waals surface area (Å²) in [5.41, 5.74) is 1.18. The number of aliphatic carboxylic acids is 9. The molecule has 521 valence electrons. The van der Waals surface area contributed by atoms with E-state index in [9.17, 15) is 93.6 Å². The number of carboxylic acids is 9. The summed E-state index contributed by atoms with van der Waals surface area (Å²) in [5.74, 6) is -11.3. The Morgan fingerprint density at radius 1 is 0.500 bits per heavy atom. The van der Waals surface area contributed by atoms with Gasteiger partial charge in [-0.2, -0.15) is 15.0 Å². The number of carboxylic acid groups (broad SMARTS) is 9. The Bertz CT molecular complexity index is 2710. The van der Waals surface area contributed by atoms with Crippen LogP contribution in [-0.2, 0) is 54.4 Å². The number of amides is 3. The summed E-state index contributed by atoms with van der Waals surface area (Å²) in [6, 6.07) is 2.43. The summed E-state index contributed by atoms with van der Waals surface area (Å²) >= 11 is 0. The van der Waals surface area contributed by atoms with Crippen molar-refractivity contribution >= 4 is 89.2 Å². The molecule has 34 nitrogen and oxygen atoms in total. The van der Waals surface area contributed by atoms with Crippen LogP contribution in [0.25, 0.3) is 0 Å². The van der Waals surface area contributed by atoms with Gasteiger partial charge in [0.05, 0.1) is 26.2 Å². The number of carbonyl (C=O) groups excluding carboxylic acids is 2. The van der Waals surface area contributed by atoms with E-state index in [2.05, 4.69) is 41.1 Å². The predicted octanol–water partition coefficient (Wildman–Crippen LogP) is 0.0517. The normalized spacial score (nSPS) is 16.3. The van der Waals surface area contributed by atoms with Crippen molar-refractivity contribution in [3.05, 3.63) is 29.8 Å². The average molecular weight is 1460 g/mol. The van der Waals surface area contributed by atoms with Crippen LogP contribution < -0.4 is 31.1 Å². The maximum absolute atomic E-state index is 12.4. The molecule has 0 spiro atoms. The molecule has 2 saturated heterocycles. The Morgan fingerprint density at radius 3 is 1.53 bits per heavy atom. The molecule has 4 rings (SSSR count). The second-order valence-electron chi connectivity index (χ2n) is 22.5. The van der Waals surface area contributed by atoms with Crippen molar-refractivity contribution in [1.29, 1.82) is 0 Å². The van der Waals surface area contributed by atoms with Gasteiger partial charge in [-0.3, -0.25) is 62.9 Å². The summed E-state index contributed by atoms with van der Waals surface area (Å²) in [6.45, 7) is 1.35. The predicted molar refractivity (Wildman–Crippen MR) is 324 cm³/mol. The van der Waals surface area contributed by atoms with Crippen LogP contribution in [0.15, 0.2) is 24.3 Å². The number of urea groups is 1. The van der Waals surface area contributed by atoms with Crippen molar-refractivity contribution in [2.75, 3.05) is 139 Å². The van der Waals surface area contributed by atoms with Crippen molar-refractivity contribution in [3.8, 4) is 0 Å². The Kier molecular flexibility index (Phi) is 36.6. The van der Waals surface area contributed by atoms with E-state index in [4.69, 9.17) is 5.11 Å². The Hall–Kier alpha value is -7.37. The molecule has 3 amide bonds. The van der Waals surface area contributed by atoms with E-state index >= 15 is 0 Å². The monoisotopic (exact) mass is 1460 g/mol. The average Bonchev–Trinajstić information content (AvgIpc) is 0.894. The minimum Gasteiger partial charge on any atom is -0.481 e. The number of hydrogen-bond donors (Lipinski definition) is 13. The number of benzene rings is 1. The summed E-state index contributed by atoms with van der Waals surface area (Å²) in [4.78, 5) is 156. The van der Waals surface area contributed by atoms with Gasteiger partial charge in [0.25, 0.3) is 0 Å². The molecule has 35 heteroatoms. The van der Waals surface area contributed by atoms with Gasteiger partial charge >= 0.3 is 59.8 Å². The number of carbonyl (C=O) groups is 11. The third kappa shape index (κ3) is 32.8. The first-order valence-electron chi connectivity index (χ1n) is 30.4. The van der Waals surface area contributed by atoms with Crippen LogP contribution in [0.4, 0.5) is 28.3 Å². The molecule has 1 unspecified atom stereocenters. The van der Waals surface area contributed by atoms with Gasteiger partial charge in [-0.05, 0) is 69.2 Å². The van der Waals surface area contributed by atoms with Gasteiger partial charge in [0, 0.05) is 140 Å². The number of rotatable bonds is 41. The minimum atomic E-state index is -1.51. The second kappa shape index (κ2) is 42.7. The molecule has 1 aromatic carbocycles. The number of nitrogens with one attached hydrogen (secondary N) is 4. The van der Waals surface area contributed by atoms with Gasteiger partial charge in [-0.15, -0.1) is 0 Å². The van der Waals surface area contributed by atoms with Crippen LogP contribution >= 0.6 is 0 Å². The molecule has 1 aromatic heterocycles. The molecule has 2 fully saturated rings. The number of aromatic nitrogens is 3. The summed E-state index contributed by atoms with van der Waals surface area (Å²) in [6.07, 6.45) is 8.17. The van der Waals surface area contributed by atoms with Gasteiger partial charge in [0.1, 0.15) is 25.2 Å². The third-order valence-corrected chi connectivity index (χ3v) is 15.2. The molecule has 0 bridgehead atoms. The smallest absolute Gasteiger partial charge is 0.326 e. The second-order valence-corrected chi connectivity index (χ2v) is 22.5. The molecule has 2 aliphatic heterocycles. The first kappa shape index (κ1) is 78.9. The molecule has 0 aliphatic carbocycles. The zero-order chi connectivity index (χ0) is 66.8. The largest absolute Gasteiger partial charge is 0.481 e. The summed E-state index contributed by atoms with van der Waals surface area (Å²) in [7, 11) is 0. The summed E-state index contributed by atoms with van der Waals surface area (Å²) < 4.78 is 0. The molecule has 0 saturated carbocycles. The van der Waals surface area contributed by atoms with E-state index in [-0.39, 0.29) is 139 Å². The van der Waals surface area contributed by atoms with Gasteiger partial charge in [0.15, 0.2) is 0 Å². The van der Waals surface area contributed by atoms with E-state index in [0.29, 0.717) is 69.7 Å². The molecular weight excluding hydrogens is 1380 g/mol. The topological polar surface area (TPSA) is 479 Å². The molecular formula is C57H88LuN14O20. The van der Waals surface area contributed by atoms with Gasteiger partial charge in [-0.25, -0.2) is 14.4 Å². The van der Waals surface area contributed by atoms with E-state index in [1.54, 1.807) is 43.9 Å². The van der Waals surface area contributed by atoms with Crippen LogP contribution in [-0.4, -0.2) is 294 Å².